The van der Waals surface area contributed by atoms with Gasteiger partial charge >= 0.3 is 5.97 Å². The number of carboxylic acid groups (broad SMARTS) is 1. The summed E-state index contributed by atoms with van der Waals surface area (Å²) in [6.07, 6.45) is 5.81. The Balaban J connectivity index is 1.62. The van der Waals surface area contributed by atoms with Gasteiger partial charge < -0.3 is 5.11 Å². The summed E-state index contributed by atoms with van der Waals surface area (Å²) in [7, 11) is 0. The number of carbonyl (C=O) groups is 1. The van der Waals surface area contributed by atoms with Gasteiger partial charge in [-0.2, -0.15) is 0 Å². The van der Waals surface area contributed by atoms with E-state index in [1.165, 1.54) is 0 Å². The number of nitrogens with zero attached hydrogens (tertiary/aromatic N) is 2. The van der Waals surface area contributed by atoms with Crippen molar-refractivity contribution in [2.45, 2.75) is 0 Å². The van der Waals surface area contributed by atoms with E-state index in [4.69, 9.17) is 5.11 Å². The molecule has 0 radical (unpaired) electrons. The van der Waals surface area contributed by atoms with E-state index in [1.54, 1.807) is 24.3 Å². The molecule has 4 aromatic rings. The molecule has 0 saturated carbocycles. The van der Waals surface area contributed by atoms with Crippen molar-refractivity contribution >= 4 is 29.2 Å². The molecule has 1 heterocycles. The molecule has 4 heteroatoms. The zero-order valence-corrected chi connectivity index (χ0v) is 13.9. The predicted molar refractivity (Wildman–Crippen MR) is 103 cm³/mol. The second-order valence-corrected chi connectivity index (χ2v) is 5.96. The first-order valence-corrected chi connectivity index (χ1v) is 8.25. The zero-order valence-electron chi connectivity index (χ0n) is 13.9. The molecule has 0 spiro atoms. The van der Waals surface area contributed by atoms with Gasteiger partial charge in [0.25, 0.3) is 0 Å². The van der Waals surface area contributed by atoms with Crippen LogP contribution in [-0.2, 0) is 0 Å². The summed E-state index contributed by atoms with van der Waals surface area (Å²) in [4.78, 5) is 15.3. The van der Waals surface area contributed by atoms with Crippen LogP contribution in [0.4, 0.5) is 0 Å². The lowest BCUT2D eigenvalue weighted by Crippen LogP contribution is -1.94. The van der Waals surface area contributed by atoms with Crippen molar-refractivity contribution in [1.82, 2.24) is 9.55 Å². The zero-order chi connectivity index (χ0) is 17.9. The van der Waals surface area contributed by atoms with Crippen molar-refractivity contribution in [2.75, 3.05) is 0 Å². The number of hydrogen-bond donors (Lipinski definition) is 1. The van der Waals surface area contributed by atoms with E-state index in [0.717, 1.165) is 27.8 Å². The summed E-state index contributed by atoms with van der Waals surface area (Å²) in [5, 5.41) is 8.95. The number of carboxylic acids is 1. The van der Waals surface area contributed by atoms with Crippen molar-refractivity contribution in [3.05, 3.63) is 95.8 Å². The van der Waals surface area contributed by atoms with Gasteiger partial charge in [-0.25, -0.2) is 9.78 Å². The molecule has 26 heavy (non-hydrogen) atoms. The Bertz CT molecular complexity index is 1110. The number of para-hydroxylation sites is 2. The number of imidazole rings is 1. The largest absolute Gasteiger partial charge is 0.478 e. The van der Waals surface area contributed by atoms with E-state index >= 15 is 0 Å². The molecule has 1 N–H and O–H groups in total. The molecule has 0 aliphatic rings. The third-order valence-electron chi connectivity index (χ3n) is 4.23. The maximum atomic E-state index is 10.9. The molecule has 0 aliphatic heterocycles. The number of rotatable bonds is 4. The van der Waals surface area contributed by atoms with Crippen molar-refractivity contribution in [3.63, 3.8) is 0 Å². The lowest BCUT2D eigenvalue weighted by Gasteiger charge is -2.05. The first-order valence-electron chi connectivity index (χ1n) is 8.25. The summed E-state index contributed by atoms with van der Waals surface area (Å²) in [5.41, 5.74) is 5.37. The van der Waals surface area contributed by atoms with Crippen LogP contribution in [0, 0.1) is 0 Å². The summed E-state index contributed by atoms with van der Waals surface area (Å²) in [6, 6.07) is 23.0. The molecule has 0 unspecified atom stereocenters. The van der Waals surface area contributed by atoms with E-state index in [2.05, 4.69) is 21.7 Å². The minimum absolute atomic E-state index is 0.288. The number of fused-ring (bicyclic) bond motifs is 1. The molecular formula is C22H16N2O2. The van der Waals surface area contributed by atoms with Crippen LogP contribution >= 0.6 is 0 Å². The van der Waals surface area contributed by atoms with Gasteiger partial charge in [-0.3, -0.25) is 4.57 Å². The van der Waals surface area contributed by atoms with Crippen LogP contribution in [-0.4, -0.2) is 20.6 Å². The van der Waals surface area contributed by atoms with Gasteiger partial charge in [-0.1, -0.05) is 48.6 Å². The van der Waals surface area contributed by atoms with Crippen LogP contribution in [0.2, 0.25) is 0 Å². The fourth-order valence-corrected chi connectivity index (χ4v) is 2.87. The Morgan fingerprint density at radius 2 is 1.65 bits per heavy atom. The first kappa shape index (κ1) is 15.8. The Kier molecular flexibility index (Phi) is 4.07. The molecule has 1 aromatic heterocycles. The summed E-state index contributed by atoms with van der Waals surface area (Å²) >= 11 is 0. The summed E-state index contributed by atoms with van der Waals surface area (Å²) in [5.74, 6) is -0.916. The molecule has 4 rings (SSSR count). The maximum absolute atomic E-state index is 10.9. The van der Waals surface area contributed by atoms with Gasteiger partial charge in [0.1, 0.15) is 6.33 Å². The highest BCUT2D eigenvalue weighted by molar-refractivity contribution is 5.88. The SMILES string of the molecule is O=C(O)c1ccc(/C=C/c2cccc(-n3cnc4ccccc43)c2)cc1. The fraction of sp³-hybridized carbons (Fsp3) is 0. The van der Waals surface area contributed by atoms with E-state index in [0.29, 0.717) is 0 Å². The molecule has 0 saturated heterocycles. The third-order valence-corrected chi connectivity index (χ3v) is 4.23. The van der Waals surface area contributed by atoms with Gasteiger partial charge in [0, 0.05) is 5.69 Å². The van der Waals surface area contributed by atoms with Crippen LogP contribution in [0.5, 0.6) is 0 Å². The van der Waals surface area contributed by atoms with Crippen molar-refractivity contribution in [2.24, 2.45) is 0 Å². The van der Waals surface area contributed by atoms with Crippen LogP contribution in [0.1, 0.15) is 21.5 Å². The highest BCUT2D eigenvalue weighted by Gasteiger charge is 2.04. The Labute approximate surface area is 150 Å². The molecule has 3 aromatic carbocycles. The number of hydrogen-bond acceptors (Lipinski definition) is 2. The lowest BCUT2D eigenvalue weighted by molar-refractivity contribution is 0.0697. The van der Waals surface area contributed by atoms with Crippen LogP contribution in [0.15, 0.2) is 79.1 Å². The second-order valence-electron chi connectivity index (χ2n) is 5.96. The van der Waals surface area contributed by atoms with Gasteiger partial charge in [0.2, 0.25) is 0 Å². The second kappa shape index (κ2) is 6.69. The smallest absolute Gasteiger partial charge is 0.335 e. The van der Waals surface area contributed by atoms with Gasteiger partial charge in [-0.05, 0) is 47.5 Å². The Morgan fingerprint density at radius 1 is 0.885 bits per heavy atom. The number of aromatic carboxylic acids is 1. The lowest BCUT2D eigenvalue weighted by atomic mass is 10.1. The number of benzene rings is 3. The van der Waals surface area contributed by atoms with Crippen molar-refractivity contribution < 1.29 is 9.90 Å². The summed E-state index contributed by atoms with van der Waals surface area (Å²) < 4.78 is 2.06. The average molecular weight is 340 g/mol. The van der Waals surface area contributed by atoms with E-state index in [1.807, 2.05) is 54.9 Å². The van der Waals surface area contributed by atoms with E-state index in [9.17, 15) is 4.79 Å². The van der Waals surface area contributed by atoms with Crippen LogP contribution < -0.4 is 0 Å². The molecule has 0 bridgehead atoms. The molecule has 0 atom stereocenters. The van der Waals surface area contributed by atoms with Gasteiger partial charge in [-0.15, -0.1) is 0 Å². The molecule has 0 aliphatic carbocycles. The highest BCUT2D eigenvalue weighted by atomic mass is 16.4. The summed E-state index contributed by atoms with van der Waals surface area (Å²) in [6.45, 7) is 0. The van der Waals surface area contributed by atoms with E-state index in [-0.39, 0.29) is 5.56 Å². The van der Waals surface area contributed by atoms with Crippen LogP contribution in [0.25, 0.3) is 28.9 Å². The van der Waals surface area contributed by atoms with E-state index < -0.39 is 5.97 Å². The third kappa shape index (κ3) is 3.13. The van der Waals surface area contributed by atoms with Crippen LogP contribution in [0.3, 0.4) is 0 Å². The highest BCUT2D eigenvalue weighted by Crippen LogP contribution is 2.19. The monoisotopic (exact) mass is 340 g/mol. The quantitative estimate of drug-likeness (QED) is 0.538. The predicted octanol–water partition coefficient (Wildman–Crippen LogP) is 4.89. The minimum Gasteiger partial charge on any atom is -0.478 e. The average Bonchev–Trinajstić information content (AvgIpc) is 3.11. The van der Waals surface area contributed by atoms with Crippen molar-refractivity contribution in [1.29, 1.82) is 0 Å². The van der Waals surface area contributed by atoms with Gasteiger partial charge in [0.05, 0.1) is 16.6 Å². The molecule has 126 valence electrons. The van der Waals surface area contributed by atoms with Gasteiger partial charge in [0.15, 0.2) is 0 Å². The minimum atomic E-state index is -0.916. The number of aromatic nitrogens is 2. The maximum Gasteiger partial charge on any atom is 0.335 e. The van der Waals surface area contributed by atoms with Crippen molar-refractivity contribution in [3.8, 4) is 5.69 Å². The molecule has 0 fully saturated rings. The first-order chi connectivity index (χ1) is 12.7. The topological polar surface area (TPSA) is 55.1 Å². The normalized spacial score (nSPS) is 11.2. The Hall–Kier alpha value is -3.66. The Morgan fingerprint density at radius 3 is 2.46 bits per heavy atom. The standard InChI is InChI=1S/C22H16N2O2/c25-22(26)18-12-10-16(11-13-18)8-9-17-4-3-5-19(14-17)24-15-23-20-6-1-2-7-21(20)24/h1-15H,(H,25,26)/b9-8+. The fourth-order valence-electron chi connectivity index (χ4n) is 2.87. The molecule has 0 amide bonds. The molecule has 4 nitrogen and oxygen atoms in total. The molecular weight excluding hydrogens is 324 g/mol.